The lowest BCUT2D eigenvalue weighted by molar-refractivity contribution is -0.114. The van der Waals surface area contributed by atoms with Crippen LogP contribution in [0.3, 0.4) is 0 Å². The Balaban J connectivity index is 2.33. The quantitative estimate of drug-likeness (QED) is 0.767. The Labute approximate surface area is 97.6 Å². The molecule has 0 aliphatic heterocycles. The third-order valence-corrected chi connectivity index (χ3v) is 2.27. The van der Waals surface area contributed by atoms with Crippen LogP contribution in [0.5, 0.6) is 0 Å². The van der Waals surface area contributed by atoms with Gasteiger partial charge in [-0.15, -0.1) is 5.10 Å². The monoisotopic (exact) mass is 232 g/mol. The summed E-state index contributed by atoms with van der Waals surface area (Å²) in [7, 11) is 0. The normalized spacial score (nSPS) is 10.2. The van der Waals surface area contributed by atoms with E-state index in [0.717, 1.165) is 11.3 Å². The lowest BCUT2D eigenvalue weighted by Crippen LogP contribution is -2.21. The van der Waals surface area contributed by atoms with Crippen molar-refractivity contribution < 1.29 is 4.79 Å². The van der Waals surface area contributed by atoms with Crippen molar-refractivity contribution in [1.29, 1.82) is 0 Å². The van der Waals surface area contributed by atoms with Crippen molar-refractivity contribution in [3.05, 3.63) is 30.1 Å². The van der Waals surface area contributed by atoms with Crippen LogP contribution in [0.1, 0.15) is 5.56 Å². The average Bonchev–Trinajstić information content (AvgIpc) is 2.85. The van der Waals surface area contributed by atoms with Crippen molar-refractivity contribution in [1.82, 2.24) is 20.2 Å². The maximum Gasteiger partial charge on any atom is 0.238 e. The second-order valence-electron chi connectivity index (χ2n) is 3.51. The number of amides is 1. The molecule has 0 aliphatic carbocycles. The molecule has 7 heteroatoms. The van der Waals surface area contributed by atoms with Crippen molar-refractivity contribution in [3.8, 4) is 5.69 Å². The van der Waals surface area contributed by atoms with Crippen LogP contribution in [0.4, 0.5) is 5.69 Å². The smallest absolute Gasteiger partial charge is 0.238 e. The van der Waals surface area contributed by atoms with Gasteiger partial charge in [-0.25, -0.2) is 4.68 Å². The van der Waals surface area contributed by atoms with Gasteiger partial charge in [0.25, 0.3) is 0 Å². The first-order chi connectivity index (χ1) is 8.20. The van der Waals surface area contributed by atoms with E-state index in [1.165, 1.54) is 11.0 Å². The topological polar surface area (TPSA) is 98.7 Å². The molecule has 17 heavy (non-hydrogen) atoms. The Morgan fingerprint density at radius 1 is 1.53 bits per heavy atom. The molecule has 1 amide bonds. The van der Waals surface area contributed by atoms with Gasteiger partial charge in [0.1, 0.15) is 6.33 Å². The van der Waals surface area contributed by atoms with Crippen LogP contribution >= 0.6 is 0 Å². The standard InChI is InChI=1S/C10H12N6O/c1-7-2-3-8(13-10(17)5-11)4-9(7)16-6-12-14-15-16/h2-4,6H,5,11H2,1H3,(H,13,17). The first-order valence-electron chi connectivity index (χ1n) is 5.04. The van der Waals surface area contributed by atoms with Crippen molar-refractivity contribution in [2.24, 2.45) is 5.73 Å². The highest BCUT2D eigenvalue weighted by Crippen LogP contribution is 2.17. The van der Waals surface area contributed by atoms with Crippen molar-refractivity contribution in [2.45, 2.75) is 6.92 Å². The molecule has 2 aromatic rings. The SMILES string of the molecule is Cc1ccc(NC(=O)CN)cc1-n1cnnn1. The summed E-state index contributed by atoms with van der Waals surface area (Å²) < 4.78 is 1.54. The first-order valence-corrected chi connectivity index (χ1v) is 5.04. The molecule has 88 valence electrons. The number of nitrogens with zero attached hydrogens (tertiary/aromatic N) is 4. The molecular weight excluding hydrogens is 220 g/mol. The zero-order valence-electron chi connectivity index (χ0n) is 9.29. The number of anilines is 1. The number of hydrogen-bond donors (Lipinski definition) is 2. The van der Waals surface area contributed by atoms with Crippen molar-refractivity contribution in [2.75, 3.05) is 11.9 Å². The van der Waals surface area contributed by atoms with Crippen LogP contribution in [-0.2, 0) is 4.79 Å². The van der Waals surface area contributed by atoms with Crippen LogP contribution in [-0.4, -0.2) is 32.7 Å². The Kier molecular flexibility index (Phi) is 3.10. The van der Waals surface area contributed by atoms with Gasteiger partial charge in [0.2, 0.25) is 5.91 Å². The minimum Gasteiger partial charge on any atom is -0.325 e. The lowest BCUT2D eigenvalue weighted by Gasteiger charge is -2.08. The molecule has 0 radical (unpaired) electrons. The molecule has 0 saturated carbocycles. The first kappa shape index (κ1) is 11.2. The van der Waals surface area contributed by atoms with Crippen LogP contribution in [0.15, 0.2) is 24.5 Å². The number of carbonyl (C=O) groups excluding carboxylic acids is 1. The van der Waals surface area contributed by atoms with Gasteiger partial charge in [0.05, 0.1) is 12.2 Å². The minimum absolute atomic E-state index is 0.0475. The number of rotatable bonds is 3. The van der Waals surface area contributed by atoms with Crippen LogP contribution in [0.25, 0.3) is 5.69 Å². The summed E-state index contributed by atoms with van der Waals surface area (Å²) in [5, 5.41) is 13.6. The fourth-order valence-corrected chi connectivity index (χ4v) is 1.42. The predicted molar refractivity (Wildman–Crippen MR) is 61.6 cm³/mol. The van der Waals surface area contributed by atoms with E-state index in [2.05, 4.69) is 20.8 Å². The summed E-state index contributed by atoms with van der Waals surface area (Å²) in [6.45, 7) is 1.89. The second-order valence-corrected chi connectivity index (χ2v) is 3.51. The highest BCUT2D eigenvalue weighted by molar-refractivity contribution is 5.92. The summed E-state index contributed by atoms with van der Waals surface area (Å²) in [4.78, 5) is 11.2. The number of aryl methyl sites for hydroxylation is 1. The molecule has 0 atom stereocenters. The maximum atomic E-state index is 11.2. The molecule has 0 saturated heterocycles. The van der Waals surface area contributed by atoms with E-state index >= 15 is 0 Å². The van der Waals surface area contributed by atoms with E-state index in [-0.39, 0.29) is 12.5 Å². The molecule has 0 aliphatic rings. The van der Waals surface area contributed by atoms with E-state index in [1.54, 1.807) is 12.1 Å². The summed E-state index contributed by atoms with van der Waals surface area (Å²) >= 11 is 0. The minimum atomic E-state index is -0.239. The molecule has 0 bridgehead atoms. The molecule has 0 spiro atoms. The molecule has 1 aromatic carbocycles. The van der Waals surface area contributed by atoms with Gasteiger partial charge in [0, 0.05) is 5.69 Å². The Morgan fingerprint density at radius 2 is 2.35 bits per heavy atom. The third kappa shape index (κ3) is 2.45. The second kappa shape index (κ2) is 4.71. The molecule has 3 N–H and O–H groups in total. The van der Waals surface area contributed by atoms with Gasteiger partial charge in [-0.3, -0.25) is 4.79 Å². The lowest BCUT2D eigenvalue weighted by atomic mass is 10.2. The summed E-state index contributed by atoms with van der Waals surface area (Å²) in [5.41, 5.74) is 7.71. The Bertz CT molecular complexity index is 522. The number of nitrogens with two attached hydrogens (primary N) is 1. The zero-order valence-corrected chi connectivity index (χ0v) is 9.29. The number of carbonyl (C=O) groups is 1. The van der Waals surface area contributed by atoms with Crippen LogP contribution in [0, 0.1) is 6.92 Å². The van der Waals surface area contributed by atoms with Crippen molar-refractivity contribution >= 4 is 11.6 Å². The van der Waals surface area contributed by atoms with E-state index in [4.69, 9.17) is 5.73 Å². The third-order valence-electron chi connectivity index (χ3n) is 2.27. The van der Waals surface area contributed by atoms with Gasteiger partial charge in [-0.1, -0.05) is 6.07 Å². The zero-order chi connectivity index (χ0) is 12.3. The number of tetrazole rings is 1. The molecule has 2 rings (SSSR count). The van der Waals surface area contributed by atoms with Crippen LogP contribution < -0.4 is 11.1 Å². The fraction of sp³-hybridized carbons (Fsp3) is 0.200. The fourth-order valence-electron chi connectivity index (χ4n) is 1.42. The van der Waals surface area contributed by atoms with Gasteiger partial charge >= 0.3 is 0 Å². The summed E-state index contributed by atoms with van der Waals surface area (Å²) in [5.74, 6) is -0.239. The molecule has 1 heterocycles. The number of nitrogens with one attached hydrogen (secondary N) is 1. The average molecular weight is 232 g/mol. The van der Waals surface area contributed by atoms with E-state index in [9.17, 15) is 4.79 Å². The van der Waals surface area contributed by atoms with Gasteiger partial charge in [-0.2, -0.15) is 0 Å². The van der Waals surface area contributed by atoms with E-state index < -0.39 is 0 Å². The molecule has 0 fully saturated rings. The van der Waals surface area contributed by atoms with Gasteiger partial charge in [0.15, 0.2) is 0 Å². The molecule has 7 nitrogen and oxygen atoms in total. The number of aromatic nitrogens is 4. The highest BCUT2D eigenvalue weighted by Gasteiger charge is 2.05. The number of benzene rings is 1. The predicted octanol–water partition coefficient (Wildman–Crippen LogP) is -0.132. The molecule has 0 unspecified atom stereocenters. The van der Waals surface area contributed by atoms with Gasteiger partial charge in [-0.05, 0) is 35.0 Å². The van der Waals surface area contributed by atoms with Gasteiger partial charge < -0.3 is 11.1 Å². The number of hydrogen-bond acceptors (Lipinski definition) is 5. The van der Waals surface area contributed by atoms with Crippen LogP contribution in [0.2, 0.25) is 0 Å². The maximum absolute atomic E-state index is 11.2. The summed E-state index contributed by atoms with van der Waals surface area (Å²) in [6, 6.07) is 5.47. The highest BCUT2D eigenvalue weighted by atomic mass is 16.1. The summed E-state index contributed by atoms with van der Waals surface area (Å²) in [6.07, 6.45) is 1.50. The molecule has 1 aromatic heterocycles. The Morgan fingerprint density at radius 3 is 3.00 bits per heavy atom. The molecular formula is C10H12N6O. The van der Waals surface area contributed by atoms with Crippen molar-refractivity contribution in [3.63, 3.8) is 0 Å². The van der Waals surface area contributed by atoms with E-state index in [1.807, 2.05) is 13.0 Å². The Hall–Kier alpha value is -2.28. The largest absolute Gasteiger partial charge is 0.325 e. The van der Waals surface area contributed by atoms with E-state index in [0.29, 0.717) is 5.69 Å².